The van der Waals surface area contributed by atoms with Crippen LogP contribution >= 0.6 is 0 Å². The number of para-hydroxylation sites is 1. The van der Waals surface area contributed by atoms with Gasteiger partial charge in [-0.25, -0.2) is 4.79 Å². The molecule has 0 unspecified atom stereocenters. The van der Waals surface area contributed by atoms with Crippen molar-refractivity contribution in [2.45, 2.75) is 6.92 Å². The third-order valence-corrected chi connectivity index (χ3v) is 2.58. The number of anilines is 2. The van der Waals surface area contributed by atoms with E-state index in [1.807, 2.05) is 6.92 Å². The van der Waals surface area contributed by atoms with Gasteiger partial charge in [-0.15, -0.1) is 0 Å². The summed E-state index contributed by atoms with van der Waals surface area (Å²) in [4.78, 5) is 11.1. The smallest absolute Gasteiger partial charge is 0.337 e. The van der Waals surface area contributed by atoms with Gasteiger partial charge in [-0.1, -0.05) is 18.2 Å². The van der Waals surface area contributed by atoms with Gasteiger partial charge in [-0.3, -0.25) is 0 Å². The molecule has 2 rings (SSSR count). The van der Waals surface area contributed by atoms with Gasteiger partial charge in [0.05, 0.1) is 16.9 Å². The number of aromatic hydroxyl groups is 1. The van der Waals surface area contributed by atoms with Crippen molar-refractivity contribution >= 4 is 17.3 Å². The van der Waals surface area contributed by atoms with E-state index < -0.39 is 5.97 Å². The molecule has 0 bridgehead atoms. The number of aryl methyl sites for hydroxylation is 1. The summed E-state index contributed by atoms with van der Waals surface area (Å²) in [6.07, 6.45) is 0. The van der Waals surface area contributed by atoms with Crippen molar-refractivity contribution in [3.63, 3.8) is 0 Å². The number of benzene rings is 2. The van der Waals surface area contributed by atoms with Gasteiger partial charge in [0.25, 0.3) is 0 Å². The number of phenolic OH excluding ortho intramolecular Hbond substituents is 1. The van der Waals surface area contributed by atoms with Crippen LogP contribution in [0.1, 0.15) is 15.9 Å². The van der Waals surface area contributed by atoms with Gasteiger partial charge in [0.1, 0.15) is 5.75 Å². The molecule has 0 aromatic heterocycles. The molecule has 0 aliphatic heterocycles. The third-order valence-electron chi connectivity index (χ3n) is 2.58. The first-order valence-electron chi connectivity index (χ1n) is 5.47. The lowest BCUT2D eigenvalue weighted by atomic mass is 10.1. The molecule has 0 saturated carbocycles. The highest BCUT2D eigenvalue weighted by Gasteiger charge is 2.10. The molecule has 0 aliphatic carbocycles. The van der Waals surface area contributed by atoms with Crippen molar-refractivity contribution in [1.82, 2.24) is 0 Å². The minimum atomic E-state index is -1.01. The average molecular weight is 243 g/mol. The van der Waals surface area contributed by atoms with E-state index >= 15 is 0 Å². The van der Waals surface area contributed by atoms with Gasteiger partial charge in [0.15, 0.2) is 0 Å². The molecule has 4 nitrogen and oxygen atoms in total. The maximum absolute atomic E-state index is 11.1. The van der Waals surface area contributed by atoms with Crippen LogP contribution in [0.25, 0.3) is 0 Å². The van der Waals surface area contributed by atoms with Crippen LogP contribution in [-0.2, 0) is 0 Å². The van der Waals surface area contributed by atoms with E-state index in [1.54, 1.807) is 36.4 Å². The Morgan fingerprint density at radius 1 is 1.11 bits per heavy atom. The topological polar surface area (TPSA) is 69.6 Å². The van der Waals surface area contributed by atoms with E-state index in [-0.39, 0.29) is 11.3 Å². The van der Waals surface area contributed by atoms with Gasteiger partial charge in [0, 0.05) is 0 Å². The molecule has 0 atom stereocenters. The van der Waals surface area contributed by atoms with Gasteiger partial charge >= 0.3 is 5.97 Å². The highest BCUT2D eigenvalue weighted by Crippen LogP contribution is 2.29. The fourth-order valence-corrected chi connectivity index (χ4v) is 1.67. The van der Waals surface area contributed by atoms with Gasteiger partial charge in [0.2, 0.25) is 0 Å². The Labute approximate surface area is 105 Å². The van der Waals surface area contributed by atoms with Crippen molar-refractivity contribution < 1.29 is 15.0 Å². The molecule has 0 fully saturated rings. The highest BCUT2D eigenvalue weighted by atomic mass is 16.4. The average Bonchev–Trinajstić information content (AvgIpc) is 2.34. The second-order valence-electron chi connectivity index (χ2n) is 4.00. The van der Waals surface area contributed by atoms with Crippen LogP contribution in [0, 0.1) is 6.92 Å². The van der Waals surface area contributed by atoms with Gasteiger partial charge < -0.3 is 15.5 Å². The van der Waals surface area contributed by atoms with E-state index in [9.17, 15) is 9.90 Å². The Hall–Kier alpha value is -2.49. The summed E-state index contributed by atoms with van der Waals surface area (Å²) in [6, 6.07) is 11.7. The van der Waals surface area contributed by atoms with Gasteiger partial charge in [-0.05, 0) is 36.8 Å². The number of carbonyl (C=O) groups is 1. The number of nitrogens with one attached hydrogen (secondary N) is 1. The molecule has 3 N–H and O–H groups in total. The molecule has 0 aliphatic rings. The van der Waals surface area contributed by atoms with E-state index in [0.717, 1.165) is 5.56 Å². The number of aromatic carboxylic acids is 1. The van der Waals surface area contributed by atoms with E-state index in [0.29, 0.717) is 11.4 Å². The SMILES string of the molecule is Cc1ccc(O)c(Nc2ccccc2C(=O)O)c1. The number of carboxylic acids is 1. The zero-order valence-electron chi connectivity index (χ0n) is 9.84. The fourth-order valence-electron chi connectivity index (χ4n) is 1.67. The van der Waals surface area contributed by atoms with Crippen LogP contribution in [0.2, 0.25) is 0 Å². The molecule has 92 valence electrons. The number of carboxylic acid groups (broad SMARTS) is 1. The summed E-state index contributed by atoms with van der Waals surface area (Å²) in [6.45, 7) is 1.90. The van der Waals surface area contributed by atoms with Gasteiger partial charge in [-0.2, -0.15) is 0 Å². The van der Waals surface area contributed by atoms with Crippen molar-refractivity contribution in [2.75, 3.05) is 5.32 Å². The van der Waals surface area contributed by atoms with E-state index in [2.05, 4.69) is 5.32 Å². The summed E-state index contributed by atoms with van der Waals surface area (Å²) >= 11 is 0. The van der Waals surface area contributed by atoms with Crippen LogP contribution in [0.3, 0.4) is 0 Å². The normalized spacial score (nSPS) is 10.1. The molecule has 0 amide bonds. The fraction of sp³-hybridized carbons (Fsp3) is 0.0714. The number of hydrogen-bond acceptors (Lipinski definition) is 3. The maximum Gasteiger partial charge on any atom is 0.337 e. The summed E-state index contributed by atoms with van der Waals surface area (Å²) < 4.78 is 0. The Kier molecular flexibility index (Phi) is 3.19. The Balaban J connectivity index is 2.40. The minimum Gasteiger partial charge on any atom is -0.506 e. The predicted molar refractivity (Wildman–Crippen MR) is 69.5 cm³/mol. The van der Waals surface area contributed by atoms with Crippen molar-refractivity contribution in [2.24, 2.45) is 0 Å². The first kappa shape index (κ1) is 12.0. The largest absolute Gasteiger partial charge is 0.506 e. The zero-order chi connectivity index (χ0) is 13.1. The molecule has 0 radical (unpaired) electrons. The molecule has 2 aromatic rings. The summed E-state index contributed by atoms with van der Waals surface area (Å²) in [5.41, 5.74) is 2.08. The molecular weight excluding hydrogens is 230 g/mol. The number of rotatable bonds is 3. The van der Waals surface area contributed by atoms with Crippen LogP contribution in [0.5, 0.6) is 5.75 Å². The van der Waals surface area contributed by atoms with E-state index in [1.165, 1.54) is 6.07 Å². The van der Waals surface area contributed by atoms with Crippen LogP contribution in [0.4, 0.5) is 11.4 Å². The maximum atomic E-state index is 11.1. The molecule has 0 saturated heterocycles. The molecule has 0 spiro atoms. The standard InChI is InChI=1S/C14H13NO3/c1-9-6-7-13(16)12(8-9)15-11-5-3-2-4-10(11)14(17)18/h2-8,15-16H,1H3,(H,17,18). The lowest BCUT2D eigenvalue weighted by molar-refractivity contribution is 0.0698. The zero-order valence-corrected chi connectivity index (χ0v) is 9.84. The Morgan fingerprint density at radius 3 is 2.56 bits per heavy atom. The molecular formula is C14H13NO3. The molecule has 0 heterocycles. The van der Waals surface area contributed by atoms with E-state index in [4.69, 9.17) is 5.11 Å². The predicted octanol–water partition coefficient (Wildman–Crippen LogP) is 3.14. The van der Waals surface area contributed by atoms with Crippen LogP contribution in [-0.4, -0.2) is 16.2 Å². The summed E-state index contributed by atoms with van der Waals surface area (Å²) in [7, 11) is 0. The van der Waals surface area contributed by atoms with Crippen molar-refractivity contribution in [3.05, 3.63) is 53.6 Å². The lowest BCUT2D eigenvalue weighted by Gasteiger charge is -2.11. The van der Waals surface area contributed by atoms with Crippen LogP contribution < -0.4 is 5.32 Å². The first-order valence-corrected chi connectivity index (χ1v) is 5.47. The van der Waals surface area contributed by atoms with Crippen molar-refractivity contribution in [3.8, 4) is 5.75 Å². The Bertz CT molecular complexity index is 593. The quantitative estimate of drug-likeness (QED) is 0.724. The molecule has 2 aromatic carbocycles. The number of hydrogen-bond donors (Lipinski definition) is 3. The third kappa shape index (κ3) is 2.43. The molecule has 4 heteroatoms. The minimum absolute atomic E-state index is 0.0841. The first-order chi connectivity index (χ1) is 8.58. The van der Waals surface area contributed by atoms with Crippen LogP contribution in [0.15, 0.2) is 42.5 Å². The Morgan fingerprint density at radius 2 is 1.83 bits per heavy atom. The molecule has 18 heavy (non-hydrogen) atoms. The second kappa shape index (κ2) is 4.79. The van der Waals surface area contributed by atoms with Crippen molar-refractivity contribution in [1.29, 1.82) is 0 Å². The second-order valence-corrected chi connectivity index (χ2v) is 4.00. The number of phenols is 1. The summed E-state index contributed by atoms with van der Waals surface area (Å²) in [5.74, 6) is -0.925. The monoisotopic (exact) mass is 243 g/mol. The highest BCUT2D eigenvalue weighted by molar-refractivity contribution is 5.95. The summed E-state index contributed by atoms with van der Waals surface area (Å²) in [5, 5.41) is 21.7. The lowest BCUT2D eigenvalue weighted by Crippen LogP contribution is -2.02.